The topological polar surface area (TPSA) is 97.5 Å². The van der Waals surface area contributed by atoms with Crippen LogP contribution in [0.4, 0.5) is 11.4 Å². The van der Waals surface area contributed by atoms with Crippen molar-refractivity contribution < 1.29 is 14.5 Å². The van der Waals surface area contributed by atoms with Crippen molar-refractivity contribution in [2.45, 2.75) is 0 Å². The lowest BCUT2D eigenvalue weighted by Crippen LogP contribution is -2.35. The number of hydrogen-bond acceptors (Lipinski definition) is 4. The van der Waals surface area contributed by atoms with Gasteiger partial charge < -0.3 is 4.57 Å². The van der Waals surface area contributed by atoms with Crippen LogP contribution >= 0.6 is 23.2 Å². The molecule has 0 radical (unpaired) electrons. The molecule has 0 spiro atoms. The summed E-state index contributed by atoms with van der Waals surface area (Å²) in [5.41, 5.74) is 3.97. The second-order valence-electron chi connectivity index (χ2n) is 6.31. The third-order valence-electron chi connectivity index (χ3n) is 4.46. The number of amides is 2. The van der Waals surface area contributed by atoms with Gasteiger partial charge in [0.25, 0.3) is 17.5 Å². The van der Waals surface area contributed by atoms with Crippen LogP contribution in [-0.4, -0.2) is 21.3 Å². The molecule has 1 fully saturated rings. The van der Waals surface area contributed by atoms with E-state index in [9.17, 15) is 19.7 Å². The molecule has 150 valence electrons. The molecule has 8 nitrogen and oxygen atoms in total. The Kier molecular flexibility index (Phi) is 5.03. The third-order valence-corrected chi connectivity index (χ3v) is 5.20. The molecular weight excluding hydrogens is 431 g/mol. The zero-order valence-corrected chi connectivity index (χ0v) is 16.6. The molecule has 3 aromatic rings. The van der Waals surface area contributed by atoms with Crippen LogP contribution in [0.25, 0.3) is 11.8 Å². The van der Waals surface area contributed by atoms with E-state index in [4.69, 9.17) is 23.2 Å². The Morgan fingerprint density at radius 2 is 1.67 bits per heavy atom. The van der Waals surface area contributed by atoms with Crippen molar-refractivity contribution in [3.05, 3.63) is 92.2 Å². The molecule has 10 heteroatoms. The van der Waals surface area contributed by atoms with E-state index < -0.39 is 16.7 Å². The van der Waals surface area contributed by atoms with E-state index in [0.717, 1.165) is 5.01 Å². The van der Waals surface area contributed by atoms with Crippen molar-refractivity contribution in [2.24, 2.45) is 0 Å². The molecule has 1 aromatic heterocycles. The van der Waals surface area contributed by atoms with Crippen molar-refractivity contribution in [3.8, 4) is 5.69 Å². The number of rotatable bonds is 4. The third kappa shape index (κ3) is 3.54. The number of nitrogens with zero attached hydrogens (tertiary/aromatic N) is 3. The molecular formula is C20H12Cl2N4O4. The summed E-state index contributed by atoms with van der Waals surface area (Å²) in [6, 6.07) is 14.0. The molecule has 1 aliphatic heterocycles. The van der Waals surface area contributed by atoms with E-state index >= 15 is 0 Å². The summed E-state index contributed by atoms with van der Waals surface area (Å²) in [4.78, 5) is 35.6. The SMILES string of the molecule is O=C1NN(c2ccc(Cl)c(Cl)c2)C(=O)/C1=C/c1cccn1-c1ccc([N+](=O)[O-])cc1. The lowest BCUT2D eigenvalue weighted by Gasteiger charge is -2.15. The Hall–Kier alpha value is -3.62. The number of aromatic nitrogens is 1. The summed E-state index contributed by atoms with van der Waals surface area (Å²) in [6.45, 7) is 0. The molecule has 1 aliphatic rings. The fourth-order valence-corrected chi connectivity index (χ4v) is 3.29. The largest absolute Gasteiger partial charge is 0.317 e. The Labute approximate surface area is 180 Å². The first-order valence-corrected chi connectivity index (χ1v) is 9.35. The van der Waals surface area contributed by atoms with Crippen molar-refractivity contribution >= 4 is 52.5 Å². The Bertz CT molecular complexity index is 1220. The Morgan fingerprint density at radius 3 is 2.33 bits per heavy atom. The maximum Gasteiger partial charge on any atom is 0.282 e. The number of non-ortho nitro benzene ring substituents is 1. The molecule has 0 saturated carbocycles. The van der Waals surface area contributed by atoms with Gasteiger partial charge in [-0.3, -0.25) is 25.1 Å². The summed E-state index contributed by atoms with van der Waals surface area (Å²) < 4.78 is 1.71. The Morgan fingerprint density at radius 1 is 0.967 bits per heavy atom. The first-order valence-electron chi connectivity index (χ1n) is 8.59. The van der Waals surface area contributed by atoms with Gasteiger partial charge in [-0.15, -0.1) is 0 Å². The fraction of sp³-hybridized carbons (Fsp3) is 0. The van der Waals surface area contributed by atoms with Gasteiger partial charge in [-0.1, -0.05) is 23.2 Å². The van der Waals surface area contributed by atoms with Gasteiger partial charge in [-0.2, -0.15) is 0 Å². The highest BCUT2D eigenvalue weighted by atomic mass is 35.5. The van der Waals surface area contributed by atoms with Crippen LogP contribution < -0.4 is 10.4 Å². The van der Waals surface area contributed by atoms with Gasteiger partial charge in [0.15, 0.2) is 0 Å². The lowest BCUT2D eigenvalue weighted by atomic mass is 10.2. The second-order valence-corrected chi connectivity index (χ2v) is 7.13. The first-order chi connectivity index (χ1) is 14.3. The van der Waals surface area contributed by atoms with Crippen molar-refractivity contribution in [2.75, 3.05) is 5.01 Å². The number of hydrazine groups is 1. The highest BCUT2D eigenvalue weighted by molar-refractivity contribution is 6.42. The molecule has 2 heterocycles. The number of carbonyl (C=O) groups is 2. The molecule has 30 heavy (non-hydrogen) atoms. The van der Waals surface area contributed by atoms with E-state index in [-0.39, 0.29) is 16.3 Å². The number of nitro groups is 1. The van der Waals surface area contributed by atoms with E-state index in [2.05, 4.69) is 5.43 Å². The van der Waals surface area contributed by atoms with E-state index in [1.165, 1.54) is 30.3 Å². The van der Waals surface area contributed by atoms with Crippen molar-refractivity contribution in [1.82, 2.24) is 9.99 Å². The first kappa shape index (κ1) is 19.7. The molecule has 0 atom stereocenters. The monoisotopic (exact) mass is 442 g/mol. The van der Waals surface area contributed by atoms with Gasteiger partial charge in [0.1, 0.15) is 5.57 Å². The van der Waals surface area contributed by atoms with Crippen LogP contribution in [0.15, 0.2) is 66.4 Å². The van der Waals surface area contributed by atoms with E-state index in [1.807, 2.05) is 0 Å². The summed E-state index contributed by atoms with van der Waals surface area (Å²) in [6.07, 6.45) is 3.18. The predicted octanol–water partition coefficient (Wildman–Crippen LogP) is 4.15. The maximum absolute atomic E-state index is 12.8. The van der Waals surface area contributed by atoms with Crippen LogP contribution in [0.3, 0.4) is 0 Å². The summed E-state index contributed by atoms with van der Waals surface area (Å²) in [5.74, 6) is -1.11. The van der Waals surface area contributed by atoms with Crippen molar-refractivity contribution in [3.63, 3.8) is 0 Å². The van der Waals surface area contributed by atoms with Gasteiger partial charge >= 0.3 is 0 Å². The van der Waals surface area contributed by atoms with Gasteiger partial charge in [0.2, 0.25) is 0 Å². The van der Waals surface area contributed by atoms with Crippen molar-refractivity contribution in [1.29, 1.82) is 0 Å². The quantitative estimate of drug-likeness (QED) is 0.284. The zero-order valence-electron chi connectivity index (χ0n) is 15.1. The average Bonchev–Trinajstić information content (AvgIpc) is 3.30. The molecule has 2 aromatic carbocycles. The maximum atomic E-state index is 12.8. The van der Waals surface area contributed by atoms with Gasteiger partial charge in [-0.25, -0.2) is 5.01 Å². The van der Waals surface area contributed by atoms with Crippen LogP contribution in [0, 0.1) is 10.1 Å². The van der Waals surface area contributed by atoms with E-state index in [0.29, 0.717) is 22.1 Å². The van der Waals surface area contributed by atoms with Gasteiger partial charge in [-0.05, 0) is 48.5 Å². The summed E-state index contributed by atoms with van der Waals surface area (Å²) in [5, 5.41) is 12.5. The molecule has 4 rings (SSSR count). The lowest BCUT2D eigenvalue weighted by molar-refractivity contribution is -0.384. The molecule has 0 aliphatic carbocycles. The predicted molar refractivity (Wildman–Crippen MR) is 112 cm³/mol. The average molecular weight is 443 g/mol. The van der Waals surface area contributed by atoms with Crippen LogP contribution in [0.2, 0.25) is 10.0 Å². The summed E-state index contributed by atoms with van der Waals surface area (Å²) in [7, 11) is 0. The minimum absolute atomic E-state index is 0.0339. The van der Waals surface area contributed by atoms with Crippen LogP contribution in [0.5, 0.6) is 0 Å². The van der Waals surface area contributed by atoms with Crippen LogP contribution in [-0.2, 0) is 9.59 Å². The highest BCUT2D eigenvalue weighted by Crippen LogP contribution is 2.29. The number of carbonyl (C=O) groups excluding carboxylic acids is 2. The number of halogens is 2. The summed E-state index contributed by atoms with van der Waals surface area (Å²) >= 11 is 11.9. The molecule has 1 saturated heterocycles. The number of anilines is 1. The fourth-order valence-electron chi connectivity index (χ4n) is 2.99. The smallest absolute Gasteiger partial charge is 0.282 e. The molecule has 0 bridgehead atoms. The van der Waals surface area contributed by atoms with E-state index in [1.54, 1.807) is 41.1 Å². The van der Waals surface area contributed by atoms with Gasteiger partial charge in [0, 0.05) is 29.7 Å². The minimum Gasteiger partial charge on any atom is -0.317 e. The highest BCUT2D eigenvalue weighted by Gasteiger charge is 2.35. The Balaban J connectivity index is 1.66. The number of benzene rings is 2. The molecule has 2 amide bonds. The molecule has 1 N–H and O–H groups in total. The number of hydrogen-bond donors (Lipinski definition) is 1. The number of nitro benzene ring substituents is 1. The minimum atomic E-state index is -0.567. The molecule has 0 unspecified atom stereocenters. The zero-order chi connectivity index (χ0) is 21.4. The second kappa shape index (κ2) is 7.66. The van der Waals surface area contributed by atoms with Gasteiger partial charge in [0.05, 0.1) is 20.7 Å². The normalized spacial score (nSPS) is 15.0. The van der Waals surface area contributed by atoms with Crippen LogP contribution in [0.1, 0.15) is 5.69 Å². The standard InChI is InChI=1S/C20H12Cl2N4O4/c21-17-8-7-15(11-18(17)22)25-20(28)16(19(27)23-25)10-14-2-1-9-24(14)12-3-5-13(6-4-12)26(29)30/h1-11H,(H,23,27)/b16-10+. The number of nitrogens with one attached hydrogen (secondary N) is 1.